The van der Waals surface area contributed by atoms with Crippen LogP contribution < -0.4 is 4.90 Å². The molecule has 3 nitrogen and oxygen atoms in total. The first-order chi connectivity index (χ1) is 8.33. The topological polar surface area (TPSA) is 32.7 Å². The van der Waals surface area contributed by atoms with E-state index in [0.29, 0.717) is 6.10 Å². The number of piperidine rings is 1. The second kappa shape index (κ2) is 6.03. The lowest BCUT2D eigenvalue weighted by molar-refractivity contribution is 0.0527. The zero-order valence-corrected chi connectivity index (χ0v) is 10.4. The minimum absolute atomic E-state index is 0.113. The van der Waals surface area contributed by atoms with E-state index < -0.39 is 0 Å². The molecule has 1 aromatic rings. The van der Waals surface area contributed by atoms with Crippen LogP contribution in [0, 0.1) is 0 Å². The molecule has 1 saturated heterocycles. The monoisotopic (exact) mass is 235 g/mol. The summed E-state index contributed by atoms with van der Waals surface area (Å²) >= 11 is 0. The maximum absolute atomic E-state index is 9.02. The number of rotatable bonds is 4. The molecule has 1 aliphatic heterocycles. The van der Waals surface area contributed by atoms with Crippen molar-refractivity contribution in [2.75, 3.05) is 24.6 Å². The predicted molar refractivity (Wildman–Crippen MR) is 69.2 cm³/mol. The third kappa shape index (κ3) is 3.20. The first kappa shape index (κ1) is 12.4. The van der Waals surface area contributed by atoms with Gasteiger partial charge in [-0.25, -0.2) is 0 Å². The molecule has 0 radical (unpaired) electrons. The summed E-state index contributed by atoms with van der Waals surface area (Å²) in [5.41, 5.74) is 2.19. The maximum Gasteiger partial charge on any atom is 0.0750 e. The van der Waals surface area contributed by atoms with Crippen LogP contribution in [0.5, 0.6) is 0 Å². The van der Waals surface area contributed by atoms with Crippen LogP contribution in [0.4, 0.5) is 5.69 Å². The van der Waals surface area contributed by atoms with E-state index in [0.717, 1.165) is 25.3 Å². The van der Waals surface area contributed by atoms with Gasteiger partial charge in [0.1, 0.15) is 0 Å². The van der Waals surface area contributed by atoms with Gasteiger partial charge in [0.25, 0.3) is 0 Å². The second-order valence-electron chi connectivity index (χ2n) is 4.49. The molecule has 0 aromatic heterocycles. The summed E-state index contributed by atoms with van der Waals surface area (Å²) in [5, 5.41) is 9.02. The Kier molecular flexibility index (Phi) is 4.40. The summed E-state index contributed by atoms with van der Waals surface area (Å²) in [6.45, 7) is 5.03. The van der Waals surface area contributed by atoms with Crippen molar-refractivity contribution in [3.05, 3.63) is 29.8 Å². The summed E-state index contributed by atoms with van der Waals surface area (Å²) in [4.78, 5) is 2.37. The van der Waals surface area contributed by atoms with Gasteiger partial charge < -0.3 is 14.7 Å². The molecule has 1 aromatic carbocycles. The van der Waals surface area contributed by atoms with E-state index in [2.05, 4.69) is 24.0 Å². The lowest BCUT2D eigenvalue weighted by Gasteiger charge is -2.34. The molecule has 1 heterocycles. The van der Waals surface area contributed by atoms with Gasteiger partial charge in [-0.2, -0.15) is 0 Å². The molecule has 1 N–H and O–H groups in total. The number of hydrogen-bond acceptors (Lipinski definition) is 3. The summed E-state index contributed by atoms with van der Waals surface area (Å²) in [6.07, 6.45) is 2.72. The van der Waals surface area contributed by atoms with Crippen molar-refractivity contribution in [2.45, 2.75) is 32.5 Å². The van der Waals surface area contributed by atoms with Gasteiger partial charge in [-0.1, -0.05) is 12.1 Å². The largest absolute Gasteiger partial charge is 0.392 e. The van der Waals surface area contributed by atoms with Crippen molar-refractivity contribution in [1.29, 1.82) is 0 Å². The number of benzene rings is 1. The minimum atomic E-state index is 0.113. The Labute approximate surface area is 103 Å². The van der Waals surface area contributed by atoms with Gasteiger partial charge >= 0.3 is 0 Å². The van der Waals surface area contributed by atoms with Crippen molar-refractivity contribution in [2.24, 2.45) is 0 Å². The molecule has 2 rings (SSSR count). The molecule has 0 spiro atoms. The van der Waals surface area contributed by atoms with Gasteiger partial charge in [0.2, 0.25) is 0 Å². The van der Waals surface area contributed by atoms with Crippen molar-refractivity contribution in [1.82, 2.24) is 0 Å². The van der Waals surface area contributed by atoms with Crippen LogP contribution in [0.1, 0.15) is 25.3 Å². The van der Waals surface area contributed by atoms with Gasteiger partial charge in [0.15, 0.2) is 0 Å². The zero-order chi connectivity index (χ0) is 12.1. The Bertz CT molecular complexity index is 335. The summed E-state index contributed by atoms with van der Waals surface area (Å²) in [7, 11) is 0. The standard InChI is InChI=1S/C14H21NO2/c1-2-17-14-4-3-9-15(10-14)13-7-5-12(11-16)6-8-13/h5-8,14,16H,2-4,9-11H2,1H3. The highest BCUT2D eigenvalue weighted by molar-refractivity contribution is 5.48. The van der Waals surface area contributed by atoms with Crippen LogP contribution >= 0.6 is 0 Å². The molecule has 0 bridgehead atoms. The van der Waals surface area contributed by atoms with E-state index in [-0.39, 0.29) is 6.61 Å². The number of ether oxygens (including phenoxy) is 1. The fourth-order valence-corrected chi connectivity index (χ4v) is 2.36. The summed E-state index contributed by atoms with van der Waals surface area (Å²) in [5.74, 6) is 0. The molecular formula is C14H21NO2. The van der Waals surface area contributed by atoms with Gasteiger partial charge in [0, 0.05) is 25.4 Å². The Morgan fingerprint density at radius 1 is 1.35 bits per heavy atom. The van der Waals surface area contributed by atoms with Crippen molar-refractivity contribution in [3.8, 4) is 0 Å². The lowest BCUT2D eigenvalue weighted by atomic mass is 10.1. The van der Waals surface area contributed by atoms with Crippen molar-refractivity contribution in [3.63, 3.8) is 0 Å². The van der Waals surface area contributed by atoms with Crippen molar-refractivity contribution >= 4 is 5.69 Å². The highest BCUT2D eigenvalue weighted by Crippen LogP contribution is 2.21. The normalized spacial score (nSPS) is 20.6. The lowest BCUT2D eigenvalue weighted by Crippen LogP contribution is -2.39. The SMILES string of the molecule is CCOC1CCCN(c2ccc(CO)cc2)C1. The van der Waals surface area contributed by atoms with Crippen LogP contribution in [0.15, 0.2) is 24.3 Å². The highest BCUT2D eigenvalue weighted by Gasteiger charge is 2.19. The van der Waals surface area contributed by atoms with Gasteiger partial charge in [0.05, 0.1) is 12.7 Å². The third-order valence-electron chi connectivity index (χ3n) is 3.26. The quantitative estimate of drug-likeness (QED) is 0.868. The fraction of sp³-hybridized carbons (Fsp3) is 0.571. The Morgan fingerprint density at radius 3 is 2.76 bits per heavy atom. The predicted octanol–water partition coefficient (Wildman–Crippen LogP) is 2.18. The maximum atomic E-state index is 9.02. The fourth-order valence-electron chi connectivity index (χ4n) is 2.36. The zero-order valence-electron chi connectivity index (χ0n) is 10.4. The minimum Gasteiger partial charge on any atom is -0.392 e. The summed E-state index contributed by atoms with van der Waals surface area (Å²) in [6, 6.07) is 8.14. The average molecular weight is 235 g/mol. The van der Waals surface area contributed by atoms with Crippen molar-refractivity contribution < 1.29 is 9.84 Å². The molecule has 1 aliphatic rings. The molecular weight excluding hydrogens is 214 g/mol. The first-order valence-electron chi connectivity index (χ1n) is 6.40. The van der Waals surface area contributed by atoms with E-state index in [1.165, 1.54) is 18.5 Å². The van der Waals surface area contributed by atoms with Gasteiger partial charge in [-0.05, 0) is 37.5 Å². The Hall–Kier alpha value is -1.06. The number of aliphatic hydroxyl groups is 1. The highest BCUT2D eigenvalue weighted by atomic mass is 16.5. The number of nitrogens with zero attached hydrogens (tertiary/aromatic N) is 1. The summed E-state index contributed by atoms with van der Waals surface area (Å²) < 4.78 is 5.70. The molecule has 3 heteroatoms. The van der Waals surface area contributed by atoms with Crippen LogP contribution in [0.25, 0.3) is 0 Å². The number of anilines is 1. The van der Waals surface area contributed by atoms with E-state index in [1.807, 2.05) is 12.1 Å². The van der Waals surface area contributed by atoms with E-state index in [9.17, 15) is 0 Å². The molecule has 0 saturated carbocycles. The Morgan fingerprint density at radius 2 is 2.12 bits per heavy atom. The molecule has 1 fully saturated rings. The van der Waals surface area contributed by atoms with Crippen LogP contribution in [0.2, 0.25) is 0 Å². The van der Waals surface area contributed by atoms with Crippen LogP contribution in [0.3, 0.4) is 0 Å². The van der Waals surface area contributed by atoms with Crippen LogP contribution in [-0.2, 0) is 11.3 Å². The molecule has 0 aliphatic carbocycles. The number of hydrogen-bond donors (Lipinski definition) is 1. The molecule has 1 unspecified atom stereocenters. The third-order valence-corrected chi connectivity index (χ3v) is 3.26. The molecule has 0 amide bonds. The molecule has 17 heavy (non-hydrogen) atoms. The molecule has 1 atom stereocenters. The van der Waals surface area contributed by atoms with E-state index in [1.54, 1.807) is 0 Å². The van der Waals surface area contributed by atoms with E-state index >= 15 is 0 Å². The first-order valence-corrected chi connectivity index (χ1v) is 6.40. The smallest absolute Gasteiger partial charge is 0.0750 e. The average Bonchev–Trinajstić information content (AvgIpc) is 2.40. The number of aliphatic hydroxyl groups excluding tert-OH is 1. The Balaban J connectivity index is 2.00. The second-order valence-corrected chi connectivity index (χ2v) is 4.49. The molecule has 94 valence electrons. The van der Waals surface area contributed by atoms with Crippen LogP contribution in [-0.4, -0.2) is 30.9 Å². The van der Waals surface area contributed by atoms with Gasteiger partial charge in [-0.15, -0.1) is 0 Å². The van der Waals surface area contributed by atoms with Gasteiger partial charge in [-0.3, -0.25) is 0 Å². The van der Waals surface area contributed by atoms with E-state index in [4.69, 9.17) is 9.84 Å².